The van der Waals surface area contributed by atoms with E-state index in [1.165, 1.54) is 0 Å². The van der Waals surface area contributed by atoms with Crippen LogP contribution in [0.5, 0.6) is 0 Å². The maximum atomic E-state index is 12.9. The van der Waals surface area contributed by atoms with Crippen LogP contribution in [0.2, 0.25) is 0 Å². The average molecular weight is 434 g/mol. The number of hydrogen-bond donors (Lipinski definition) is 2. The zero-order valence-electron chi connectivity index (χ0n) is 16.3. The highest BCUT2D eigenvalue weighted by Gasteiger charge is 2.36. The summed E-state index contributed by atoms with van der Waals surface area (Å²) in [5.41, 5.74) is 0.838. The molecule has 0 aliphatic carbocycles. The van der Waals surface area contributed by atoms with Crippen molar-refractivity contribution in [3.05, 3.63) is 65.1 Å². The van der Waals surface area contributed by atoms with Crippen molar-refractivity contribution in [1.29, 1.82) is 0 Å². The molecular weight excluding hydrogens is 416 g/mol. The van der Waals surface area contributed by atoms with Gasteiger partial charge in [0.25, 0.3) is 11.1 Å². The summed E-state index contributed by atoms with van der Waals surface area (Å²) in [7, 11) is 0. The number of hydrogen-bond acceptors (Lipinski definition) is 5. The van der Waals surface area contributed by atoms with Gasteiger partial charge in [-0.3, -0.25) is 24.1 Å². The van der Waals surface area contributed by atoms with Crippen molar-refractivity contribution in [1.82, 2.24) is 10.2 Å². The topological polar surface area (TPSA) is 104 Å². The molecule has 1 fully saturated rings. The van der Waals surface area contributed by atoms with Crippen LogP contribution in [-0.4, -0.2) is 46.1 Å². The summed E-state index contributed by atoms with van der Waals surface area (Å²) < 4.78 is 0. The van der Waals surface area contributed by atoms with Crippen LogP contribution in [-0.2, 0) is 14.4 Å². The van der Waals surface area contributed by atoms with Gasteiger partial charge < -0.3 is 10.4 Å². The first-order valence-corrected chi connectivity index (χ1v) is 10.4. The average Bonchev–Trinajstić information content (AvgIpc) is 3.00. The van der Waals surface area contributed by atoms with Crippen molar-refractivity contribution < 1.29 is 24.3 Å². The summed E-state index contributed by atoms with van der Waals surface area (Å²) in [6.45, 7) is -0.514. The Kier molecular flexibility index (Phi) is 5.73. The van der Waals surface area contributed by atoms with E-state index in [1.54, 1.807) is 6.08 Å². The minimum atomic E-state index is -1.04. The molecule has 3 amide bonds. The van der Waals surface area contributed by atoms with Crippen LogP contribution in [0.4, 0.5) is 4.79 Å². The molecule has 0 atom stereocenters. The molecule has 1 saturated heterocycles. The van der Waals surface area contributed by atoms with Crippen LogP contribution in [0, 0.1) is 0 Å². The van der Waals surface area contributed by atoms with Crippen LogP contribution in [0.25, 0.3) is 27.6 Å². The van der Waals surface area contributed by atoms with Crippen LogP contribution in [0.1, 0.15) is 12.0 Å². The number of carbonyl (C=O) groups excluding carboxylic acids is 3. The van der Waals surface area contributed by atoms with Crippen LogP contribution >= 0.6 is 11.8 Å². The maximum absolute atomic E-state index is 12.9. The van der Waals surface area contributed by atoms with E-state index < -0.39 is 29.6 Å². The van der Waals surface area contributed by atoms with E-state index in [-0.39, 0.29) is 17.9 Å². The van der Waals surface area contributed by atoms with E-state index in [4.69, 9.17) is 5.11 Å². The van der Waals surface area contributed by atoms with Gasteiger partial charge in [0.1, 0.15) is 6.54 Å². The van der Waals surface area contributed by atoms with E-state index in [0.717, 1.165) is 43.8 Å². The van der Waals surface area contributed by atoms with Crippen LogP contribution < -0.4 is 5.32 Å². The highest BCUT2D eigenvalue weighted by Crippen LogP contribution is 2.36. The zero-order valence-corrected chi connectivity index (χ0v) is 17.1. The van der Waals surface area contributed by atoms with Gasteiger partial charge in [-0.05, 0) is 51.0 Å². The summed E-state index contributed by atoms with van der Waals surface area (Å²) >= 11 is 0.789. The SMILES string of the molecule is O=C(O)CCNC(=O)CN1C(=O)S/C(=C\c2c3ccccc3cc3ccccc23)C1=O. The van der Waals surface area contributed by atoms with Gasteiger partial charge in [-0.2, -0.15) is 0 Å². The summed E-state index contributed by atoms with van der Waals surface area (Å²) in [4.78, 5) is 48.9. The third-order valence-electron chi connectivity index (χ3n) is 4.92. The Morgan fingerprint density at radius 2 is 1.61 bits per heavy atom. The van der Waals surface area contributed by atoms with Crippen molar-refractivity contribution >= 4 is 62.4 Å². The van der Waals surface area contributed by atoms with E-state index in [1.807, 2.05) is 48.5 Å². The summed E-state index contributed by atoms with van der Waals surface area (Å²) in [5, 5.41) is 14.5. The lowest BCUT2D eigenvalue weighted by Crippen LogP contribution is -2.40. The highest BCUT2D eigenvalue weighted by atomic mass is 32.2. The lowest BCUT2D eigenvalue weighted by Gasteiger charge is -2.12. The van der Waals surface area contributed by atoms with Crippen molar-refractivity contribution in [2.24, 2.45) is 0 Å². The molecule has 1 heterocycles. The normalized spacial score (nSPS) is 15.2. The fraction of sp³-hybridized carbons (Fsp3) is 0.130. The van der Waals surface area contributed by atoms with Gasteiger partial charge in [-0.15, -0.1) is 0 Å². The van der Waals surface area contributed by atoms with Gasteiger partial charge in [-0.1, -0.05) is 48.5 Å². The molecule has 156 valence electrons. The first-order chi connectivity index (χ1) is 14.9. The first-order valence-electron chi connectivity index (χ1n) is 9.58. The summed E-state index contributed by atoms with van der Waals surface area (Å²) in [6, 6.07) is 17.7. The standard InChI is InChI=1S/C23H18N2O5S/c26-20(24-10-9-21(27)28)13-25-22(29)19(31-23(25)30)12-18-16-7-3-1-5-14(16)11-15-6-2-4-8-17(15)18/h1-8,11-12H,9-10,13H2,(H,24,26)(H,27,28)/b19-12-. The molecular formula is C23H18N2O5S. The Morgan fingerprint density at radius 1 is 1.00 bits per heavy atom. The molecule has 0 unspecified atom stereocenters. The summed E-state index contributed by atoms with van der Waals surface area (Å²) in [5.74, 6) is -2.17. The Bertz CT molecular complexity index is 1210. The quantitative estimate of drug-likeness (QED) is 0.454. The Hall–Kier alpha value is -3.65. The molecule has 7 nitrogen and oxygen atoms in total. The molecule has 0 bridgehead atoms. The number of imide groups is 1. The van der Waals surface area contributed by atoms with Crippen molar-refractivity contribution in [3.63, 3.8) is 0 Å². The Morgan fingerprint density at radius 3 is 2.23 bits per heavy atom. The van der Waals surface area contributed by atoms with Gasteiger partial charge >= 0.3 is 5.97 Å². The number of benzene rings is 3. The molecule has 3 aromatic carbocycles. The van der Waals surface area contributed by atoms with Crippen LogP contribution in [0.15, 0.2) is 59.5 Å². The number of thioether (sulfide) groups is 1. The van der Waals surface area contributed by atoms with E-state index >= 15 is 0 Å². The molecule has 4 rings (SSSR count). The van der Waals surface area contributed by atoms with E-state index in [0.29, 0.717) is 0 Å². The lowest BCUT2D eigenvalue weighted by molar-refractivity contribution is -0.137. The third kappa shape index (κ3) is 4.29. The van der Waals surface area contributed by atoms with Gasteiger partial charge in [0.2, 0.25) is 5.91 Å². The first kappa shape index (κ1) is 20.6. The smallest absolute Gasteiger partial charge is 0.305 e. The molecule has 0 aromatic heterocycles. The molecule has 0 radical (unpaired) electrons. The van der Waals surface area contributed by atoms with E-state index in [2.05, 4.69) is 11.4 Å². The zero-order chi connectivity index (χ0) is 22.0. The van der Waals surface area contributed by atoms with Crippen LogP contribution in [0.3, 0.4) is 0 Å². The molecule has 8 heteroatoms. The van der Waals surface area contributed by atoms with E-state index in [9.17, 15) is 19.2 Å². The fourth-order valence-corrected chi connectivity index (χ4v) is 4.30. The fourth-order valence-electron chi connectivity index (χ4n) is 3.48. The number of rotatable bonds is 6. The molecule has 0 spiro atoms. The molecule has 0 saturated carbocycles. The number of carboxylic acid groups (broad SMARTS) is 1. The van der Waals surface area contributed by atoms with Crippen molar-refractivity contribution in [2.75, 3.05) is 13.1 Å². The molecule has 3 aromatic rings. The molecule has 31 heavy (non-hydrogen) atoms. The molecule has 1 aliphatic rings. The second-order valence-electron chi connectivity index (χ2n) is 6.99. The van der Waals surface area contributed by atoms with Crippen molar-refractivity contribution in [3.8, 4) is 0 Å². The van der Waals surface area contributed by atoms with Crippen molar-refractivity contribution in [2.45, 2.75) is 6.42 Å². The largest absolute Gasteiger partial charge is 0.481 e. The maximum Gasteiger partial charge on any atom is 0.305 e. The predicted molar refractivity (Wildman–Crippen MR) is 119 cm³/mol. The highest BCUT2D eigenvalue weighted by molar-refractivity contribution is 8.18. The van der Waals surface area contributed by atoms with Gasteiger partial charge in [0.15, 0.2) is 0 Å². The molecule has 1 aliphatic heterocycles. The third-order valence-corrected chi connectivity index (χ3v) is 5.83. The number of carbonyl (C=O) groups is 4. The number of aliphatic carboxylic acids is 1. The number of amides is 3. The second kappa shape index (κ2) is 8.61. The predicted octanol–water partition coefficient (Wildman–Crippen LogP) is 3.62. The van der Waals surface area contributed by atoms with Gasteiger partial charge in [-0.25, -0.2) is 0 Å². The number of nitrogens with one attached hydrogen (secondary N) is 1. The Balaban J connectivity index is 1.64. The number of fused-ring (bicyclic) bond motifs is 2. The Labute approximate surface area is 181 Å². The molecule has 2 N–H and O–H groups in total. The van der Waals surface area contributed by atoms with Gasteiger partial charge in [0, 0.05) is 6.54 Å². The summed E-state index contributed by atoms with van der Waals surface area (Å²) in [6.07, 6.45) is 1.47. The number of nitrogens with zero attached hydrogens (tertiary/aromatic N) is 1. The lowest BCUT2D eigenvalue weighted by atomic mass is 9.96. The minimum Gasteiger partial charge on any atom is -0.481 e. The number of carboxylic acids is 1. The monoisotopic (exact) mass is 434 g/mol. The second-order valence-corrected chi connectivity index (χ2v) is 7.99. The van der Waals surface area contributed by atoms with Gasteiger partial charge in [0.05, 0.1) is 11.3 Å². The minimum absolute atomic E-state index is 0.0672.